The van der Waals surface area contributed by atoms with E-state index in [1.807, 2.05) is 6.07 Å². The van der Waals surface area contributed by atoms with Gasteiger partial charge in [0.1, 0.15) is 30.5 Å². The second-order valence-electron chi connectivity index (χ2n) is 6.82. The molecule has 6 N–H and O–H groups in total. The molecule has 29 heavy (non-hydrogen) atoms. The highest BCUT2D eigenvalue weighted by atomic mass is 16.5. The van der Waals surface area contributed by atoms with Crippen molar-refractivity contribution in [1.29, 1.82) is 0 Å². The van der Waals surface area contributed by atoms with E-state index in [-0.39, 0.29) is 5.56 Å². The number of pyridine rings is 1. The largest absolute Gasteiger partial charge is 0.394 e. The smallest absolute Gasteiger partial charge is 0.248 e. The van der Waals surface area contributed by atoms with Gasteiger partial charge >= 0.3 is 0 Å². The summed E-state index contributed by atoms with van der Waals surface area (Å²) in [4.78, 5) is 14.2. The molecule has 0 aliphatic carbocycles. The molecule has 1 fully saturated rings. The van der Waals surface area contributed by atoms with Gasteiger partial charge in [0.05, 0.1) is 23.9 Å². The van der Waals surface area contributed by atoms with Crippen molar-refractivity contribution in [2.75, 3.05) is 6.61 Å². The molecule has 0 spiro atoms. The Hall–Kier alpha value is -3.00. The molecule has 3 aromatic rings. The van der Waals surface area contributed by atoms with Crippen LogP contribution in [0.4, 0.5) is 0 Å². The molecule has 1 aliphatic heterocycles. The summed E-state index contributed by atoms with van der Waals surface area (Å²) in [6.45, 7) is -0.522. The molecule has 0 unspecified atom stereocenters. The summed E-state index contributed by atoms with van der Waals surface area (Å²) < 4.78 is 5.42. The molecule has 1 saturated heterocycles. The van der Waals surface area contributed by atoms with Crippen LogP contribution in [0.15, 0.2) is 41.5 Å². The Balaban J connectivity index is 1.73. The molecule has 1 aromatic carbocycles. The highest BCUT2D eigenvalue weighted by molar-refractivity contribution is 5.89. The SMILES string of the molecule is O=c1cc(-c2cc(C#C[C@H]3O[C@H](CO)[C@@H](O)[C@H](O)[C@@H]3O)c3[nH]ncc3c2)cc[nH]1. The number of rotatable bonds is 2. The van der Waals surface area contributed by atoms with Crippen molar-refractivity contribution >= 4 is 10.9 Å². The summed E-state index contributed by atoms with van der Waals surface area (Å²) in [7, 11) is 0. The average Bonchev–Trinajstić information content (AvgIpc) is 3.20. The number of hydrogen-bond acceptors (Lipinski definition) is 7. The van der Waals surface area contributed by atoms with E-state index >= 15 is 0 Å². The minimum Gasteiger partial charge on any atom is -0.394 e. The minimum absolute atomic E-state index is 0.233. The maximum Gasteiger partial charge on any atom is 0.248 e. The number of benzene rings is 1. The Morgan fingerprint density at radius 3 is 2.69 bits per heavy atom. The van der Waals surface area contributed by atoms with Gasteiger partial charge in [0.25, 0.3) is 0 Å². The van der Waals surface area contributed by atoms with Gasteiger partial charge in [0.15, 0.2) is 0 Å². The Bertz CT molecular complexity index is 1140. The van der Waals surface area contributed by atoms with Crippen LogP contribution in [0.25, 0.3) is 22.0 Å². The van der Waals surface area contributed by atoms with Crippen molar-refractivity contribution in [1.82, 2.24) is 15.2 Å². The first-order valence-electron chi connectivity index (χ1n) is 8.96. The van der Waals surface area contributed by atoms with Gasteiger partial charge in [-0.1, -0.05) is 11.8 Å². The molecule has 0 bridgehead atoms. The highest BCUT2D eigenvalue weighted by Crippen LogP contribution is 2.26. The van der Waals surface area contributed by atoms with Crippen LogP contribution in [-0.4, -0.2) is 72.7 Å². The van der Waals surface area contributed by atoms with Gasteiger partial charge in [-0.15, -0.1) is 0 Å². The van der Waals surface area contributed by atoms with Crippen molar-refractivity contribution < 1.29 is 25.2 Å². The van der Waals surface area contributed by atoms with E-state index in [2.05, 4.69) is 27.0 Å². The second-order valence-corrected chi connectivity index (χ2v) is 6.82. The fourth-order valence-electron chi connectivity index (χ4n) is 3.32. The van der Waals surface area contributed by atoms with Crippen molar-refractivity contribution in [3.63, 3.8) is 0 Å². The third kappa shape index (κ3) is 3.67. The lowest BCUT2D eigenvalue weighted by molar-refractivity contribution is -0.214. The molecule has 0 saturated carbocycles. The first kappa shape index (κ1) is 19.3. The Labute approximate surface area is 164 Å². The van der Waals surface area contributed by atoms with Crippen LogP contribution >= 0.6 is 0 Å². The molecule has 0 amide bonds. The summed E-state index contributed by atoms with van der Waals surface area (Å²) >= 11 is 0. The number of aromatic amines is 2. The zero-order valence-electron chi connectivity index (χ0n) is 15.1. The number of nitrogens with zero attached hydrogens (tertiary/aromatic N) is 1. The molecule has 0 radical (unpaired) electrons. The molecule has 5 atom stereocenters. The standard InChI is InChI=1S/C20H19N3O6/c24-9-15-19(27)20(28)18(26)14(29-15)2-1-11-5-12(6-13-8-22-23-17(11)13)10-3-4-21-16(25)7-10/h3-8,14-15,18-20,24,26-28H,9H2,(H,21,25)(H,22,23)/t14-,15-,18-,19-,20-/m1/s1. The first-order valence-corrected chi connectivity index (χ1v) is 8.96. The van der Waals surface area contributed by atoms with E-state index in [0.29, 0.717) is 16.6 Å². The molecule has 1 aliphatic rings. The van der Waals surface area contributed by atoms with Crippen LogP contribution in [-0.2, 0) is 4.74 Å². The molecule has 4 rings (SSSR count). The van der Waals surface area contributed by atoms with Gasteiger partial charge < -0.3 is 30.1 Å². The predicted octanol–water partition coefficient (Wildman–Crippen LogP) is -0.888. The lowest BCUT2D eigenvalue weighted by Crippen LogP contribution is -2.58. The van der Waals surface area contributed by atoms with Gasteiger partial charge in [0.2, 0.25) is 5.56 Å². The molecule has 3 heterocycles. The summed E-state index contributed by atoms with van der Waals surface area (Å²) in [6.07, 6.45) is -3.31. The van der Waals surface area contributed by atoms with Crippen LogP contribution in [0.2, 0.25) is 0 Å². The van der Waals surface area contributed by atoms with E-state index in [1.54, 1.807) is 24.5 Å². The summed E-state index contributed by atoms with van der Waals surface area (Å²) in [5, 5.41) is 46.9. The number of nitrogens with one attached hydrogen (secondary N) is 2. The summed E-state index contributed by atoms with van der Waals surface area (Å²) in [6, 6.07) is 6.87. The molecular weight excluding hydrogens is 378 g/mol. The van der Waals surface area contributed by atoms with Crippen LogP contribution in [0.5, 0.6) is 0 Å². The van der Waals surface area contributed by atoms with Gasteiger partial charge in [-0.05, 0) is 29.3 Å². The Morgan fingerprint density at radius 1 is 1.10 bits per heavy atom. The monoisotopic (exact) mass is 397 g/mol. The topological polar surface area (TPSA) is 152 Å². The van der Waals surface area contributed by atoms with Crippen molar-refractivity contribution in [2.24, 2.45) is 0 Å². The summed E-state index contributed by atoms with van der Waals surface area (Å²) in [5.41, 5.74) is 2.43. The summed E-state index contributed by atoms with van der Waals surface area (Å²) in [5.74, 6) is 5.67. The number of ether oxygens (including phenoxy) is 1. The number of fused-ring (bicyclic) bond motifs is 1. The quantitative estimate of drug-likeness (QED) is 0.307. The van der Waals surface area contributed by atoms with Crippen LogP contribution < -0.4 is 5.56 Å². The van der Waals surface area contributed by atoms with E-state index < -0.39 is 37.1 Å². The normalized spacial score (nSPS) is 26.8. The number of hydrogen-bond donors (Lipinski definition) is 6. The lowest BCUT2D eigenvalue weighted by atomic mass is 9.95. The fraction of sp³-hybridized carbons (Fsp3) is 0.300. The fourth-order valence-corrected chi connectivity index (χ4v) is 3.32. The van der Waals surface area contributed by atoms with E-state index in [1.165, 1.54) is 6.07 Å². The molecule has 2 aromatic heterocycles. The number of aromatic nitrogens is 3. The van der Waals surface area contributed by atoms with Crippen LogP contribution in [0, 0.1) is 11.8 Å². The maximum atomic E-state index is 11.6. The number of aliphatic hydroxyl groups is 4. The number of H-pyrrole nitrogens is 2. The molecule has 9 nitrogen and oxygen atoms in total. The molecule has 9 heteroatoms. The Kier molecular flexibility index (Phi) is 5.19. The van der Waals surface area contributed by atoms with Crippen LogP contribution in [0.1, 0.15) is 5.56 Å². The van der Waals surface area contributed by atoms with Crippen molar-refractivity contribution in [2.45, 2.75) is 30.5 Å². The minimum atomic E-state index is -1.49. The molecular formula is C20H19N3O6. The second kappa shape index (κ2) is 7.79. The lowest BCUT2D eigenvalue weighted by Gasteiger charge is -2.37. The average molecular weight is 397 g/mol. The number of aliphatic hydroxyl groups excluding tert-OH is 4. The van der Waals surface area contributed by atoms with Gasteiger partial charge in [-0.3, -0.25) is 9.89 Å². The first-order chi connectivity index (χ1) is 14.0. The predicted molar refractivity (Wildman–Crippen MR) is 103 cm³/mol. The zero-order valence-corrected chi connectivity index (χ0v) is 15.1. The van der Waals surface area contributed by atoms with E-state index in [0.717, 1.165) is 10.9 Å². The van der Waals surface area contributed by atoms with E-state index in [9.17, 15) is 25.2 Å². The van der Waals surface area contributed by atoms with Gasteiger partial charge in [-0.2, -0.15) is 5.10 Å². The van der Waals surface area contributed by atoms with Crippen molar-refractivity contribution in [3.8, 4) is 23.0 Å². The van der Waals surface area contributed by atoms with Gasteiger partial charge in [0, 0.05) is 17.6 Å². The van der Waals surface area contributed by atoms with Crippen LogP contribution in [0.3, 0.4) is 0 Å². The zero-order chi connectivity index (χ0) is 20.5. The van der Waals surface area contributed by atoms with Gasteiger partial charge in [-0.25, -0.2) is 0 Å². The third-order valence-corrected chi connectivity index (χ3v) is 4.90. The maximum absolute atomic E-state index is 11.6. The highest BCUT2D eigenvalue weighted by Gasteiger charge is 2.42. The van der Waals surface area contributed by atoms with Crippen molar-refractivity contribution in [3.05, 3.63) is 52.6 Å². The Morgan fingerprint density at radius 2 is 1.93 bits per heavy atom. The third-order valence-electron chi connectivity index (χ3n) is 4.90. The molecule has 150 valence electrons. The van der Waals surface area contributed by atoms with E-state index in [4.69, 9.17) is 4.74 Å².